The van der Waals surface area contributed by atoms with E-state index in [4.69, 9.17) is 14.2 Å². The molecule has 1 saturated heterocycles. The van der Waals surface area contributed by atoms with Crippen LogP contribution in [-0.4, -0.2) is 47.7 Å². The van der Waals surface area contributed by atoms with E-state index < -0.39 is 11.3 Å². The Labute approximate surface area is 120 Å². The summed E-state index contributed by atoms with van der Waals surface area (Å²) < 4.78 is 17.0. The maximum absolute atomic E-state index is 12.5. The van der Waals surface area contributed by atoms with Gasteiger partial charge in [-0.15, -0.1) is 0 Å². The molecule has 1 fully saturated rings. The smallest absolute Gasteiger partial charge is 0.413 e. The summed E-state index contributed by atoms with van der Waals surface area (Å²) in [7, 11) is 0. The van der Waals surface area contributed by atoms with Crippen molar-refractivity contribution in [3.05, 3.63) is 11.6 Å². The first-order valence-electron chi connectivity index (χ1n) is 7.05. The first-order valence-corrected chi connectivity index (χ1v) is 7.05. The fourth-order valence-electron chi connectivity index (χ4n) is 2.57. The van der Waals surface area contributed by atoms with E-state index in [1.807, 2.05) is 41.5 Å². The molecule has 2 aliphatic rings. The molecule has 0 bridgehead atoms. The Bertz CT molecular complexity index is 422. The number of ether oxygens (including phenoxy) is 3. The van der Waals surface area contributed by atoms with Crippen LogP contribution in [0.5, 0.6) is 0 Å². The van der Waals surface area contributed by atoms with Gasteiger partial charge in [0.05, 0.1) is 25.4 Å². The fourth-order valence-corrected chi connectivity index (χ4v) is 2.57. The van der Waals surface area contributed by atoms with Crippen LogP contribution >= 0.6 is 0 Å². The van der Waals surface area contributed by atoms with Crippen molar-refractivity contribution in [2.45, 2.75) is 65.0 Å². The zero-order chi connectivity index (χ0) is 15.1. The standard InChI is InChI=1S/C15H25NO4/c1-10-7-12(18-8-10)11-9-19-15(5,6)16(11)13(17)20-14(2,3)4/h7,11-12H,8-9H2,1-6H3/t11-,12-/m1/s1. The van der Waals surface area contributed by atoms with Crippen molar-refractivity contribution >= 4 is 6.09 Å². The Kier molecular flexibility index (Phi) is 3.86. The Morgan fingerprint density at radius 3 is 2.60 bits per heavy atom. The highest BCUT2D eigenvalue weighted by atomic mass is 16.6. The molecule has 2 atom stereocenters. The fraction of sp³-hybridized carbons (Fsp3) is 0.800. The summed E-state index contributed by atoms with van der Waals surface area (Å²) in [6.45, 7) is 12.4. The predicted molar refractivity (Wildman–Crippen MR) is 75.4 cm³/mol. The van der Waals surface area contributed by atoms with Crippen LogP contribution in [0.2, 0.25) is 0 Å². The third-order valence-corrected chi connectivity index (χ3v) is 3.44. The van der Waals surface area contributed by atoms with Gasteiger partial charge in [0.15, 0.2) is 0 Å². The molecule has 0 aromatic carbocycles. The maximum atomic E-state index is 12.5. The minimum Gasteiger partial charge on any atom is -0.444 e. The molecular weight excluding hydrogens is 258 g/mol. The second-order valence-electron chi connectivity index (χ2n) is 6.96. The molecule has 1 amide bonds. The quantitative estimate of drug-likeness (QED) is 0.694. The number of rotatable bonds is 1. The Morgan fingerprint density at radius 1 is 1.45 bits per heavy atom. The lowest BCUT2D eigenvalue weighted by Gasteiger charge is -2.36. The van der Waals surface area contributed by atoms with E-state index in [0.717, 1.165) is 0 Å². The molecule has 5 nitrogen and oxygen atoms in total. The van der Waals surface area contributed by atoms with Crippen LogP contribution < -0.4 is 0 Å². The maximum Gasteiger partial charge on any atom is 0.413 e. The second kappa shape index (κ2) is 5.04. The largest absolute Gasteiger partial charge is 0.444 e. The van der Waals surface area contributed by atoms with Gasteiger partial charge >= 0.3 is 6.09 Å². The molecule has 2 heterocycles. The lowest BCUT2D eigenvalue weighted by atomic mass is 10.1. The lowest BCUT2D eigenvalue weighted by molar-refractivity contribution is -0.0675. The highest BCUT2D eigenvalue weighted by Crippen LogP contribution is 2.33. The number of carbonyl (C=O) groups excluding carboxylic acids is 1. The minimum atomic E-state index is -0.680. The van der Waals surface area contributed by atoms with Gasteiger partial charge in [-0.05, 0) is 47.1 Å². The van der Waals surface area contributed by atoms with Gasteiger partial charge in [-0.3, -0.25) is 4.90 Å². The van der Waals surface area contributed by atoms with Crippen molar-refractivity contribution in [3.63, 3.8) is 0 Å². The molecule has 0 spiro atoms. The summed E-state index contributed by atoms with van der Waals surface area (Å²) in [5, 5.41) is 0. The van der Waals surface area contributed by atoms with Gasteiger partial charge in [-0.25, -0.2) is 4.79 Å². The van der Waals surface area contributed by atoms with Crippen LogP contribution in [0.1, 0.15) is 41.5 Å². The summed E-state index contributed by atoms with van der Waals surface area (Å²) in [4.78, 5) is 14.1. The summed E-state index contributed by atoms with van der Waals surface area (Å²) in [5.74, 6) is 0. The first kappa shape index (κ1) is 15.3. The van der Waals surface area contributed by atoms with E-state index in [1.54, 1.807) is 4.90 Å². The van der Waals surface area contributed by atoms with Gasteiger partial charge in [0.1, 0.15) is 11.3 Å². The van der Waals surface area contributed by atoms with E-state index in [1.165, 1.54) is 5.57 Å². The number of hydrogen-bond acceptors (Lipinski definition) is 4. The van der Waals surface area contributed by atoms with Gasteiger partial charge in [-0.1, -0.05) is 6.08 Å². The monoisotopic (exact) mass is 283 g/mol. The highest BCUT2D eigenvalue weighted by Gasteiger charge is 2.49. The highest BCUT2D eigenvalue weighted by molar-refractivity contribution is 5.70. The van der Waals surface area contributed by atoms with Crippen LogP contribution in [-0.2, 0) is 14.2 Å². The zero-order valence-electron chi connectivity index (χ0n) is 13.2. The number of nitrogens with zero attached hydrogens (tertiary/aromatic N) is 1. The number of carbonyl (C=O) groups is 1. The Morgan fingerprint density at radius 2 is 2.10 bits per heavy atom. The van der Waals surface area contributed by atoms with Gasteiger partial charge in [-0.2, -0.15) is 0 Å². The van der Waals surface area contributed by atoms with Crippen LogP contribution in [0.3, 0.4) is 0 Å². The molecule has 0 aromatic rings. The molecule has 114 valence electrons. The third kappa shape index (κ3) is 3.15. The van der Waals surface area contributed by atoms with Crippen LogP contribution in [0.25, 0.3) is 0 Å². The minimum absolute atomic E-state index is 0.121. The van der Waals surface area contributed by atoms with Gasteiger partial charge < -0.3 is 14.2 Å². The molecule has 0 saturated carbocycles. The van der Waals surface area contributed by atoms with Gasteiger partial charge in [0.25, 0.3) is 0 Å². The van der Waals surface area contributed by atoms with E-state index in [0.29, 0.717) is 13.2 Å². The molecule has 5 heteroatoms. The van der Waals surface area contributed by atoms with E-state index in [9.17, 15) is 4.79 Å². The number of hydrogen-bond donors (Lipinski definition) is 0. The van der Waals surface area contributed by atoms with Crippen molar-refractivity contribution in [3.8, 4) is 0 Å². The SMILES string of the molecule is CC1=C[C@H]([C@H]2COC(C)(C)N2C(=O)OC(C)(C)C)OC1. The molecule has 2 aliphatic heterocycles. The van der Waals surface area contributed by atoms with Crippen LogP contribution in [0, 0.1) is 0 Å². The van der Waals surface area contributed by atoms with Crippen molar-refractivity contribution < 1.29 is 19.0 Å². The normalized spacial score (nSPS) is 29.5. The average Bonchev–Trinajstić information content (AvgIpc) is 2.79. The molecule has 0 radical (unpaired) electrons. The summed E-state index contributed by atoms with van der Waals surface area (Å²) in [6, 6.07) is -0.141. The van der Waals surface area contributed by atoms with E-state index in [2.05, 4.69) is 6.08 Å². The molecule has 0 aliphatic carbocycles. The predicted octanol–water partition coefficient (Wildman–Crippen LogP) is 2.70. The first-order chi connectivity index (χ1) is 9.10. The number of amides is 1. The van der Waals surface area contributed by atoms with E-state index >= 15 is 0 Å². The Balaban J connectivity index is 2.18. The summed E-state index contributed by atoms with van der Waals surface area (Å²) in [6.07, 6.45) is 1.59. The van der Waals surface area contributed by atoms with Crippen molar-refractivity contribution in [1.29, 1.82) is 0 Å². The summed E-state index contributed by atoms with van der Waals surface area (Å²) >= 11 is 0. The van der Waals surface area contributed by atoms with Crippen molar-refractivity contribution in [2.24, 2.45) is 0 Å². The molecule has 0 N–H and O–H groups in total. The van der Waals surface area contributed by atoms with Crippen molar-refractivity contribution in [1.82, 2.24) is 4.90 Å². The van der Waals surface area contributed by atoms with Gasteiger partial charge in [0.2, 0.25) is 0 Å². The van der Waals surface area contributed by atoms with Crippen molar-refractivity contribution in [2.75, 3.05) is 13.2 Å². The van der Waals surface area contributed by atoms with Crippen LogP contribution in [0.4, 0.5) is 4.79 Å². The summed E-state index contributed by atoms with van der Waals surface area (Å²) in [5.41, 5.74) is -0.0210. The molecule has 20 heavy (non-hydrogen) atoms. The van der Waals surface area contributed by atoms with Gasteiger partial charge in [0, 0.05) is 0 Å². The average molecular weight is 283 g/mol. The topological polar surface area (TPSA) is 48.0 Å². The molecule has 0 aromatic heterocycles. The molecule has 2 rings (SSSR count). The third-order valence-electron chi connectivity index (χ3n) is 3.44. The lowest BCUT2D eigenvalue weighted by Crippen LogP contribution is -2.53. The second-order valence-corrected chi connectivity index (χ2v) is 6.96. The zero-order valence-corrected chi connectivity index (χ0v) is 13.2. The molecular formula is C15H25NO4. The molecule has 0 unspecified atom stereocenters. The van der Waals surface area contributed by atoms with E-state index in [-0.39, 0.29) is 18.2 Å². The van der Waals surface area contributed by atoms with Crippen LogP contribution in [0.15, 0.2) is 11.6 Å². The Hall–Kier alpha value is -1.07.